The lowest BCUT2D eigenvalue weighted by atomic mass is 9.95. The molecule has 0 spiro atoms. The number of rotatable bonds is 2. The Morgan fingerprint density at radius 3 is 2.52 bits per heavy atom. The van der Waals surface area contributed by atoms with Crippen LogP contribution in [0.25, 0.3) is 16.9 Å². The van der Waals surface area contributed by atoms with Gasteiger partial charge in [-0.1, -0.05) is 37.3 Å². The predicted octanol–water partition coefficient (Wildman–Crippen LogP) is 4.68. The van der Waals surface area contributed by atoms with Gasteiger partial charge in [-0.2, -0.15) is 18.3 Å². The Morgan fingerprint density at radius 1 is 1.10 bits per heavy atom. The quantitative estimate of drug-likeness (QED) is 0.626. The number of nitrogens with zero attached hydrogens (tertiary/aromatic N) is 4. The van der Waals surface area contributed by atoms with Crippen LogP contribution in [0.4, 0.5) is 13.2 Å². The summed E-state index contributed by atoms with van der Waals surface area (Å²) in [7, 11) is 0. The van der Waals surface area contributed by atoms with E-state index < -0.39 is 11.9 Å². The molecule has 3 heterocycles. The van der Waals surface area contributed by atoms with Crippen molar-refractivity contribution in [1.82, 2.24) is 19.5 Å². The van der Waals surface area contributed by atoms with Crippen LogP contribution in [0.15, 0.2) is 42.5 Å². The molecular weight excluding hydrogens is 381 g/mol. The average molecular weight is 402 g/mol. The third-order valence-electron chi connectivity index (χ3n) is 5.38. The van der Waals surface area contributed by atoms with Gasteiger partial charge >= 0.3 is 6.18 Å². The summed E-state index contributed by atoms with van der Waals surface area (Å²) in [5.41, 5.74) is -0.230. The van der Waals surface area contributed by atoms with Crippen LogP contribution in [0.3, 0.4) is 0 Å². The monoisotopic (exact) mass is 402 g/mol. The van der Waals surface area contributed by atoms with Crippen molar-refractivity contribution < 1.29 is 18.0 Å². The lowest BCUT2D eigenvalue weighted by Crippen LogP contribution is -2.45. The maximum atomic E-state index is 13.7. The summed E-state index contributed by atoms with van der Waals surface area (Å²) in [5, 5.41) is 3.99. The third-order valence-corrected chi connectivity index (χ3v) is 5.38. The molecule has 3 aromatic rings. The van der Waals surface area contributed by atoms with Crippen molar-refractivity contribution >= 4 is 11.6 Å². The van der Waals surface area contributed by atoms with E-state index >= 15 is 0 Å². The molecule has 152 valence electrons. The Morgan fingerprint density at radius 2 is 1.83 bits per heavy atom. The third kappa shape index (κ3) is 3.71. The van der Waals surface area contributed by atoms with Gasteiger partial charge in [0.15, 0.2) is 17.0 Å². The van der Waals surface area contributed by atoms with Gasteiger partial charge in [-0.15, -0.1) is 0 Å². The van der Waals surface area contributed by atoms with Crippen LogP contribution < -0.4 is 0 Å². The minimum atomic E-state index is -4.63. The van der Waals surface area contributed by atoms with Crippen LogP contribution in [0.1, 0.15) is 42.9 Å². The Labute approximate surface area is 166 Å². The molecule has 8 heteroatoms. The molecule has 0 aliphatic carbocycles. The normalized spacial score (nSPS) is 20.2. The maximum Gasteiger partial charge on any atom is 0.433 e. The highest BCUT2D eigenvalue weighted by atomic mass is 19.4. The number of carbonyl (C=O) groups excluding carboxylic acids is 1. The molecule has 0 bridgehead atoms. The number of hydrogen-bond donors (Lipinski definition) is 0. The molecule has 2 aromatic heterocycles. The highest BCUT2D eigenvalue weighted by molar-refractivity contribution is 5.93. The van der Waals surface area contributed by atoms with Crippen LogP contribution in [0.2, 0.25) is 0 Å². The lowest BCUT2D eigenvalue weighted by Gasteiger charge is -2.36. The Balaban J connectivity index is 1.81. The lowest BCUT2D eigenvalue weighted by molar-refractivity contribution is -0.142. The van der Waals surface area contributed by atoms with E-state index in [4.69, 9.17) is 0 Å². The summed E-state index contributed by atoms with van der Waals surface area (Å²) in [5.74, 6) is -0.00957. The van der Waals surface area contributed by atoms with E-state index in [1.165, 1.54) is 6.07 Å². The first-order chi connectivity index (χ1) is 13.7. The van der Waals surface area contributed by atoms with Crippen molar-refractivity contribution in [3.05, 3.63) is 53.9 Å². The molecule has 1 amide bonds. The van der Waals surface area contributed by atoms with Gasteiger partial charge in [0.25, 0.3) is 5.91 Å². The zero-order valence-corrected chi connectivity index (χ0v) is 16.1. The average Bonchev–Trinajstić information content (AvgIpc) is 3.12. The van der Waals surface area contributed by atoms with Crippen molar-refractivity contribution in [1.29, 1.82) is 0 Å². The number of piperidine rings is 1. The van der Waals surface area contributed by atoms with Gasteiger partial charge in [-0.3, -0.25) is 4.79 Å². The van der Waals surface area contributed by atoms with E-state index in [9.17, 15) is 18.0 Å². The first-order valence-corrected chi connectivity index (χ1v) is 9.58. The highest BCUT2D eigenvalue weighted by Crippen LogP contribution is 2.32. The van der Waals surface area contributed by atoms with Crippen molar-refractivity contribution in [3.63, 3.8) is 0 Å². The summed E-state index contributed by atoms with van der Waals surface area (Å²) < 4.78 is 41.8. The van der Waals surface area contributed by atoms with Gasteiger partial charge in [0.05, 0.1) is 5.69 Å². The van der Waals surface area contributed by atoms with Crippen LogP contribution >= 0.6 is 0 Å². The van der Waals surface area contributed by atoms with Crippen LogP contribution in [-0.2, 0) is 6.18 Å². The largest absolute Gasteiger partial charge is 0.433 e. The SMILES string of the molecule is C[C@H]1CC[C@H](C)N(C(=O)c2cc3nc(-c4ccccc4)cc(C(F)(F)F)n3n2)C1. The molecular formula is C21H21F3N4O. The van der Waals surface area contributed by atoms with E-state index in [-0.39, 0.29) is 29.0 Å². The van der Waals surface area contributed by atoms with Crippen LogP contribution in [-0.4, -0.2) is 38.0 Å². The second kappa shape index (κ2) is 7.17. The number of alkyl halides is 3. The van der Waals surface area contributed by atoms with E-state index in [0.29, 0.717) is 18.0 Å². The summed E-state index contributed by atoms with van der Waals surface area (Å²) in [6.45, 7) is 4.58. The number of amides is 1. The van der Waals surface area contributed by atoms with Gasteiger partial charge in [0.1, 0.15) is 0 Å². The first-order valence-electron chi connectivity index (χ1n) is 9.58. The summed E-state index contributed by atoms with van der Waals surface area (Å²) in [6.07, 6.45) is -2.75. The minimum absolute atomic E-state index is 0.000242. The number of halogens is 3. The number of carbonyl (C=O) groups is 1. The smallest absolute Gasteiger partial charge is 0.334 e. The molecule has 1 fully saturated rings. The van der Waals surface area contributed by atoms with Crippen molar-refractivity contribution in [2.45, 2.75) is 38.9 Å². The van der Waals surface area contributed by atoms with E-state index in [2.05, 4.69) is 17.0 Å². The Hall–Kier alpha value is -2.90. The summed E-state index contributed by atoms with van der Waals surface area (Å²) >= 11 is 0. The molecule has 29 heavy (non-hydrogen) atoms. The molecule has 1 saturated heterocycles. The molecule has 2 atom stereocenters. The summed E-state index contributed by atoms with van der Waals surface area (Å²) in [6, 6.07) is 11.0. The van der Waals surface area contributed by atoms with Crippen LogP contribution in [0, 0.1) is 5.92 Å². The number of hydrogen-bond acceptors (Lipinski definition) is 3. The van der Waals surface area contributed by atoms with E-state index in [1.54, 1.807) is 35.2 Å². The van der Waals surface area contributed by atoms with Gasteiger partial charge in [0, 0.05) is 24.2 Å². The Kier molecular flexibility index (Phi) is 4.80. The van der Waals surface area contributed by atoms with E-state index in [0.717, 1.165) is 23.4 Å². The first kappa shape index (κ1) is 19.4. The molecule has 0 radical (unpaired) electrons. The molecule has 0 saturated carbocycles. The molecule has 5 nitrogen and oxygen atoms in total. The zero-order chi connectivity index (χ0) is 20.8. The topological polar surface area (TPSA) is 50.5 Å². The fraction of sp³-hybridized carbons (Fsp3) is 0.381. The van der Waals surface area contributed by atoms with Crippen molar-refractivity contribution in [2.24, 2.45) is 5.92 Å². The molecule has 0 unspecified atom stereocenters. The fourth-order valence-electron chi connectivity index (χ4n) is 3.76. The molecule has 1 aromatic carbocycles. The predicted molar refractivity (Wildman–Crippen MR) is 102 cm³/mol. The van der Waals surface area contributed by atoms with Crippen molar-refractivity contribution in [2.75, 3.05) is 6.54 Å². The highest BCUT2D eigenvalue weighted by Gasteiger charge is 2.36. The Bertz CT molecular complexity index is 1050. The zero-order valence-electron chi connectivity index (χ0n) is 16.1. The second-order valence-corrected chi connectivity index (χ2v) is 7.68. The van der Waals surface area contributed by atoms with Gasteiger partial charge in [-0.05, 0) is 31.7 Å². The summed E-state index contributed by atoms with van der Waals surface area (Å²) in [4.78, 5) is 19.0. The van der Waals surface area contributed by atoms with Crippen LogP contribution in [0.5, 0.6) is 0 Å². The minimum Gasteiger partial charge on any atom is -0.334 e. The number of aromatic nitrogens is 3. The second-order valence-electron chi connectivity index (χ2n) is 7.68. The number of likely N-dealkylation sites (tertiary alicyclic amines) is 1. The maximum absolute atomic E-state index is 13.7. The van der Waals surface area contributed by atoms with Gasteiger partial charge in [-0.25, -0.2) is 9.50 Å². The number of benzene rings is 1. The van der Waals surface area contributed by atoms with Gasteiger partial charge in [0.2, 0.25) is 0 Å². The molecule has 4 rings (SSSR count). The van der Waals surface area contributed by atoms with E-state index in [1.807, 2.05) is 6.92 Å². The molecule has 1 aliphatic heterocycles. The molecule has 0 N–H and O–H groups in total. The number of fused-ring (bicyclic) bond motifs is 1. The fourth-order valence-corrected chi connectivity index (χ4v) is 3.76. The van der Waals surface area contributed by atoms with Gasteiger partial charge < -0.3 is 4.90 Å². The molecule has 1 aliphatic rings. The van der Waals surface area contributed by atoms with Crippen molar-refractivity contribution in [3.8, 4) is 11.3 Å². The standard InChI is InChI=1S/C21H21F3N4O/c1-13-8-9-14(2)27(12-13)20(29)17-11-19-25-16(15-6-4-3-5-7-15)10-18(21(22,23)24)28(19)26-17/h3-7,10-11,13-14H,8-9,12H2,1-2H3/t13-,14-/m0/s1.